The van der Waals surface area contributed by atoms with Gasteiger partial charge in [0.25, 0.3) is 0 Å². The Hall–Kier alpha value is -1.24. The molecule has 0 radical (unpaired) electrons. The van der Waals surface area contributed by atoms with E-state index in [0.717, 1.165) is 0 Å². The summed E-state index contributed by atoms with van der Waals surface area (Å²) in [5.74, 6) is 0.226. The molecule has 2 unspecified atom stereocenters. The van der Waals surface area contributed by atoms with Crippen LogP contribution in [0.3, 0.4) is 0 Å². The van der Waals surface area contributed by atoms with Crippen molar-refractivity contribution in [1.82, 2.24) is 0 Å². The third kappa shape index (κ3) is 5.10. The number of hydrogen-bond donors (Lipinski definition) is 3. The van der Waals surface area contributed by atoms with Crippen molar-refractivity contribution in [1.29, 1.82) is 0 Å². The normalized spacial score (nSPS) is 13.7. The lowest BCUT2D eigenvalue weighted by molar-refractivity contribution is -0.145. The van der Waals surface area contributed by atoms with E-state index in [1.54, 1.807) is 31.2 Å². The van der Waals surface area contributed by atoms with Crippen LogP contribution in [0.5, 0.6) is 5.75 Å². The van der Waals surface area contributed by atoms with Gasteiger partial charge in [0.1, 0.15) is 11.9 Å². The molecule has 0 amide bonds. The van der Waals surface area contributed by atoms with Crippen LogP contribution in [-0.4, -0.2) is 41.3 Å². The standard InChI is InChI=1S/C13H18O5S/c1-2-17-12(15)7-18-10-5-3-9(4-6-10)13(16)11(14)8-19/h3-6,11,13-14,16,19H,2,7-8H2,1H3. The van der Waals surface area contributed by atoms with Gasteiger partial charge in [0, 0.05) is 5.75 Å². The molecule has 1 aromatic rings. The molecule has 19 heavy (non-hydrogen) atoms. The first-order valence-corrected chi connectivity index (χ1v) is 6.57. The van der Waals surface area contributed by atoms with Gasteiger partial charge in [0.05, 0.1) is 12.7 Å². The molecule has 0 aliphatic carbocycles. The summed E-state index contributed by atoms with van der Waals surface area (Å²) in [5, 5.41) is 19.2. The predicted molar refractivity (Wildman–Crippen MR) is 73.4 cm³/mol. The molecule has 0 aromatic heterocycles. The summed E-state index contributed by atoms with van der Waals surface area (Å²) < 4.78 is 9.93. The van der Waals surface area contributed by atoms with Crippen molar-refractivity contribution >= 4 is 18.6 Å². The Morgan fingerprint density at radius 2 is 1.95 bits per heavy atom. The zero-order chi connectivity index (χ0) is 14.3. The highest BCUT2D eigenvalue weighted by Crippen LogP contribution is 2.20. The Morgan fingerprint density at radius 3 is 2.47 bits per heavy atom. The Morgan fingerprint density at radius 1 is 1.32 bits per heavy atom. The Kier molecular flexibility index (Phi) is 6.69. The fourth-order valence-electron chi connectivity index (χ4n) is 1.43. The third-order valence-electron chi connectivity index (χ3n) is 2.44. The molecule has 0 spiro atoms. The molecule has 0 aliphatic heterocycles. The van der Waals surface area contributed by atoms with E-state index in [1.807, 2.05) is 0 Å². The molecule has 1 aromatic carbocycles. The van der Waals surface area contributed by atoms with Crippen molar-refractivity contribution in [3.05, 3.63) is 29.8 Å². The molecule has 0 fully saturated rings. The fraction of sp³-hybridized carbons (Fsp3) is 0.462. The first-order valence-electron chi connectivity index (χ1n) is 5.93. The highest BCUT2D eigenvalue weighted by molar-refractivity contribution is 7.80. The zero-order valence-electron chi connectivity index (χ0n) is 10.7. The summed E-state index contributed by atoms with van der Waals surface area (Å²) in [7, 11) is 0. The van der Waals surface area contributed by atoms with E-state index < -0.39 is 18.2 Å². The largest absolute Gasteiger partial charge is 0.482 e. The van der Waals surface area contributed by atoms with E-state index in [1.165, 1.54) is 0 Å². The van der Waals surface area contributed by atoms with Crippen molar-refractivity contribution in [3.8, 4) is 5.75 Å². The van der Waals surface area contributed by atoms with Crippen LogP contribution in [-0.2, 0) is 9.53 Å². The van der Waals surface area contributed by atoms with Crippen molar-refractivity contribution in [2.45, 2.75) is 19.1 Å². The maximum atomic E-state index is 11.1. The Labute approximate surface area is 117 Å². The van der Waals surface area contributed by atoms with Crippen molar-refractivity contribution < 1.29 is 24.5 Å². The Bertz CT molecular complexity index is 393. The van der Waals surface area contributed by atoms with Gasteiger partial charge in [-0.3, -0.25) is 0 Å². The maximum absolute atomic E-state index is 11.1. The van der Waals surface area contributed by atoms with Gasteiger partial charge >= 0.3 is 5.97 Å². The lowest BCUT2D eigenvalue weighted by Gasteiger charge is -2.16. The van der Waals surface area contributed by atoms with Crippen LogP contribution in [0.25, 0.3) is 0 Å². The molecule has 1 rings (SSSR count). The monoisotopic (exact) mass is 286 g/mol. The number of esters is 1. The van der Waals surface area contributed by atoms with Gasteiger partial charge in [0.2, 0.25) is 0 Å². The number of rotatable bonds is 7. The second-order valence-electron chi connectivity index (χ2n) is 3.86. The number of aliphatic hydroxyl groups is 2. The maximum Gasteiger partial charge on any atom is 0.344 e. The van der Waals surface area contributed by atoms with E-state index in [9.17, 15) is 15.0 Å². The van der Waals surface area contributed by atoms with Crippen molar-refractivity contribution in [2.75, 3.05) is 19.0 Å². The first-order chi connectivity index (χ1) is 9.08. The van der Waals surface area contributed by atoms with Gasteiger partial charge in [0.15, 0.2) is 6.61 Å². The molecule has 0 saturated carbocycles. The van der Waals surface area contributed by atoms with Gasteiger partial charge in [-0.2, -0.15) is 12.6 Å². The van der Waals surface area contributed by atoms with Crippen LogP contribution < -0.4 is 4.74 Å². The topological polar surface area (TPSA) is 76.0 Å². The minimum atomic E-state index is -0.989. The average molecular weight is 286 g/mol. The highest BCUT2D eigenvalue weighted by Gasteiger charge is 2.16. The van der Waals surface area contributed by atoms with Gasteiger partial charge < -0.3 is 19.7 Å². The van der Waals surface area contributed by atoms with Crippen LogP contribution >= 0.6 is 12.6 Å². The van der Waals surface area contributed by atoms with Crippen LogP contribution in [0.1, 0.15) is 18.6 Å². The first kappa shape index (κ1) is 15.8. The van der Waals surface area contributed by atoms with E-state index in [-0.39, 0.29) is 12.4 Å². The number of benzene rings is 1. The number of carbonyl (C=O) groups is 1. The summed E-state index contributed by atoms with van der Waals surface area (Å²) in [4.78, 5) is 11.1. The lowest BCUT2D eigenvalue weighted by Crippen LogP contribution is -2.19. The number of carbonyl (C=O) groups excluding carboxylic acids is 1. The quantitative estimate of drug-likeness (QED) is 0.514. The number of hydrogen-bond acceptors (Lipinski definition) is 6. The second-order valence-corrected chi connectivity index (χ2v) is 4.22. The van der Waals surface area contributed by atoms with E-state index in [4.69, 9.17) is 9.47 Å². The fourth-order valence-corrected chi connectivity index (χ4v) is 1.63. The van der Waals surface area contributed by atoms with Crippen molar-refractivity contribution in [3.63, 3.8) is 0 Å². The molecule has 5 nitrogen and oxygen atoms in total. The summed E-state index contributed by atoms with van der Waals surface area (Å²) >= 11 is 3.92. The summed E-state index contributed by atoms with van der Waals surface area (Å²) in [6, 6.07) is 6.47. The molecule has 2 atom stereocenters. The molecule has 0 saturated heterocycles. The summed E-state index contributed by atoms with van der Waals surface area (Å²) in [5.41, 5.74) is 0.560. The minimum Gasteiger partial charge on any atom is -0.482 e. The predicted octanol–water partition coefficient (Wildman–Crippen LogP) is 0.953. The third-order valence-corrected chi connectivity index (χ3v) is 2.81. The molecule has 106 valence electrons. The summed E-state index contributed by atoms with van der Waals surface area (Å²) in [6.45, 7) is 1.88. The number of aliphatic hydroxyl groups excluding tert-OH is 2. The molecule has 6 heteroatoms. The molecule has 0 heterocycles. The molecule has 0 bridgehead atoms. The lowest BCUT2D eigenvalue weighted by atomic mass is 10.1. The molecule has 2 N–H and O–H groups in total. The van der Waals surface area contributed by atoms with Crippen LogP contribution in [0.2, 0.25) is 0 Å². The van der Waals surface area contributed by atoms with Crippen LogP contribution in [0.4, 0.5) is 0 Å². The Balaban J connectivity index is 2.54. The van der Waals surface area contributed by atoms with E-state index >= 15 is 0 Å². The summed E-state index contributed by atoms with van der Waals surface area (Å²) in [6.07, 6.45) is -1.91. The van der Waals surface area contributed by atoms with Crippen LogP contribution in [0.15, 0.2) is 24.3 Å². The van der Waals surface area contributed by atoms with Crippen molar-refractivity contribution in [2.24, 2.45) is 0 Å². The molecule has 0 aliphatic rings. The van der Waals surface area contributed by atoms with E-state index in [0.29, 0.717) is 17.9 Å². The average Bonchev–Trinajstić information content (AvgIpc) is 2.44. The SMILES string of the molecule is CCOC(=O)COc1ccc(C(O)C(O)CS)cc1. The number of thiol groups is 1. The van der Waals surface area contributed by atoms with Crippen LogP contribution in [0, 0.1) is 0 Å². The minimum absolute atomic E-state index is 0.158. The van der Waals surface area contributed by atoms with Gasteiger partial charge in [-0.05, 0) is 24.6 Å². The molecular formula is C13H18O5S. The van der Waals surface area contributed by atoms with Gasteiger partial charge in [-0.15, -0.1) is 0 Å². The molecular weight excluding hydrogens is 268 g/mol. The van der Waals surface area contributed by atoms with E-state index in [2.05, 4.69) is 12.6 Å². The van der Waals surface area contributed by atoms with Gasteiger partial charge in [-0.1, -0.05) is 12.1 Å². The smallest absolute Gasteiger partial charge is 0.344 e. The number of ether oxygens (including phenoxy) is 2. The van der Waals surface area contributed by atoms with Gasteiger partial charge in [-0.25, -0.2) is 4.79 Å². The highest BCUT2D eigenvalue weighted by atomic mass is 32.1. The second kappa shape index (κ2) is 8.04. The zero-order valence-corrected chi connectivity index (χ0v) is 11.5.